The zero-order valence-electron chi connectivity index (χ0n) is 36.0. The zero-order chi connectivity index (χ0) is 42.5. The summed E-state index contributed by atoms with van der Waals surface area (Å²) in [7, 11) is 3.66. The number of halogens is 1. The molecule has 12 nitrogen and oxygen atoms in total. The number of pyridine rings is 1. The molecule has 5 heterocycles. The molecule has 2 aliphatic heterocycles. The molecule has 1 saturated heterocycles. The minimum absolute atomic E-state index is 0.182. The Morgan fingerprint density at radius 2 is 1.69 bits per heavy atom. The quantitative estimate of drug-likeness (QED) is 0.148. The normalized spacial score (nSPS) is 19.8. The molecule has 1 N–H and O–H groups in total. The van der Waals surface area contributed by atoms with E-state index in [-0.39, 0.29) is 11.8 Å². The third-order valence-corrected chi connectivity index (χ3v) is 13.3. The second kappa shape index (κ2) is 16.3. The summed E-state index contributed by atoms with van der Waals surface area (Å²) in [5.41, 5.74) is 8.17. The number of methoxy groups -OCH3 is 1. The zero-order valence-corrected chi connectivity index (χ0v) is 36.0. The van der Waals surface area contributed by atoms with Gasteiger partial charge in [0.25, 0.3) is 5.91 Å². The third kappa shape index (κ3) is 8.61. The summed E-state index contributed by atoms with van der Waals surface area (Å²) in [4.78, 5) is 41.9. The highest BCUT2D eigenvalue weighted by Gasteiger charge is 2.41. The number of ether oxygens (including phenoxy) is 2. The van der Waals surface area contributed by atoms with Crippen molar-refractivity contribution >= 4 is 34.8 Å². The van der Waals surface area contributed by atoms with E-state index in [1.165, 1.54) is 43.0 Å². The molecule has 0 bridgehead atoms. The van der Waals surface area contributed by atoms with Crippen molar-refractivity contribution in [2.75, 3.05) is 43.6 Å². The number of hydrogen-bond acceptors (Lipinski definition) is 9. The van der Waals surface area contributed by atoms with Gasteiger partial charge >= 0.3 is 6.09 Å². The molecule has 320 valence electrons. The van der Waals surface area contributed by atoms with Crippen molar-refractivity contribution in [3.8, 4) is 17.0 Å². The molecule has 9 rings (SSSR count). The van der Waals surface area contributed by atoms with Crippen molar-refractivity contribution in [3.05, 3.63) is 95.4 Å². The molecule has 13 heteroatoms. The fourth-order valence-electron chi connectivity index (χ4n) is 9.59. The van der Waals surface area contributed by atoms with Gasteiger partial charge in [0.2, 0.25) is 0 Å². The highest BCUT2D eigenvalue weighted by atomic mass is 19.1. The SMILES string of the molecule is COc1ccc(CN(C)c2cc(N3CCc4c(-c5ccc(CC6CCC7(CC6)CCN(C(=O)OC(C)(C)C)CC7)cn5)cccc43)nn3c(C(=O)N[C@@H]4C[C@@H]4F)cnc23)cc1. The summed E-state index contributed by atoms with van der Waals surface area (Å²) >= 11 is 0. The lowest BCUT2D eigenvalue weighted by Gasteiger charge is -2.46. The summed E-state index contributed by atoms with van der Waals surface area (Å²) < 4.78 is 26.4. The van der Waals surface area contributed by atoms with Crippen LogP contribution in [0, 0.1) is 11.3 Å². The van der Waals surface area contributed by atoms with E-state index in [1.807, 2.05) is 63.1 Å². The molecular weight excluding hydrogens is 772 g/mol. The van der Waals surface area contributed by atoms with Crippen molar-refractivity contribution in [1.82, 2.24) is 29.8 Å². The van der Waals surface area contributed by atoms with Crippen LogP contribution in [0.3, 0.4) is 0 Å². The Morgan fingerprint density at radius 3 is 2.36 bits per heavy atom. The van der Waals surface area contributed by atoms with Crippen molar-refractivity contribution in [1.29, 1.82) is 0 Å². The molecule has 1 spiro atoms. The number of benzene rings is 2. The van der Waals surface area contributed by atoms with Gasteiger partial charge in [0.15, 0.2) is 17.2 Å². The number of carbonyl (C=O) groups excluding carboxylic acids is 2. The number of nitrogens with zero attached hydrogens (tertiary/aromatic N) is 7. The van der Waals surface area contributed by atoms with Crippen molar-refractivity contribution in [2.45, 2.75) is 103 Å². The fourth-order valence-corrected chi connectivity index (χ4v) is 9.59. The Bertz CT molecular complexity index is 2390. The first-order chi connectivity index (χ1) is 29.3. The van der Waals surface area contributed by atoms with Gasteiger partial charge in [-0.3, -0.25) is 9.78 Å². The van der Waals surface area contributed by atoms with Crippen molar-refractivity contribution in [2.24, 2.45) is 11.3 Å². The standard InChI is InChI=1S/C48H57FN8O4/c1-47(2,3)61-46(59)55-23-20-48(21-24-55)18-15-31(16-19-48)25-33-11-14-38(50-28-33)35-7-6-8-40-36(35)17-22-56(40)43-27-41(54(4)30-32-9-12-34(60-5)13-10-32)44-51-29-42(57(44)53-43)45(58)52-39-26-37(39)49/h6-14,27-29,31,37,39H,15-26,30H2,1-5H3,(H,52,58)/t37-,39+/m0/s1. The highest BCUT2D eigenvalue weighted by molar-refractivity contribution is 5.94. The Kier molecular flexibility index (Phi) is 10.9. The van der Waals surface area contributed by atoms with E-state index >= 15 is 0 Å². The summed E-state index contributed by atoms with van der Waals surface area (Å²) in [5.74, 6) is 1.72. The number of fused-ring (bicyclic) bond motifs is 2. The van der Waals surface area contributed by atoms with Gasteiger partial charge in [-0.05, 0) is 124 Å². The largest absolute Gasteiger partial charge is 0.497 e. The van der Waals surface area contributed by atoms with Gasteiger partial charge in [0.1, 0.15) is 17.5 Å². The number of likely N-dealkylation sites (tertiary alicyclic amines) is 1. The Morgan fingerprint density at radius 1 is 0.951 bits per heavy atom. The van der Waals surface area contributed by atoms with E-state index in [0.29, 0.717) is 42.3 Å². The van der Waals surface area contributed by atoms with E-state index in [1.54, 1.807) is 11.6 Å². The molecule has 0 radical (unpaired) electrons. The third-order valence-electron chi connectivity index (χ3n) is 13.3. The topological polar surface area (TPSA) is 117 Å². The van der Waals surface area contributed by atoms with Crippen molar-refractivity contribution < 1.29 is 23.5 Å². The number of alkyl halides is 1. The van der Waals surface area contributed by atoms with Crippen LogP contribution in [-0.4, -0.2) is 88.1 Å². The lowest BCUT2D eigenvalue weighted by Crippen LogP contribution is -2.46. The summed E-state index contributed by atoms with van der Waals surface area (Å²) in [6.45, 7) is 8.63. The number of amides is 2. The number of aromatic nitrogens is 4. The van der Waals surface area contributed by atoms with E-state index in [4.69, 9.17) is 19.6 Å². The molecule has 2 atom stereocenters. The van der Waals surface area contributed by atoms with Gasteiger partial charge in [0, 0.05) is 63.2 Å². The number of carbonyl (C=O) groups is 2. The number of piperidine rings is 1. The summed E-state index contributed by atoms with van der Waals surface area (Å²) in [6.07, 6.45) is 11.5. The van der Waals surface area contributed by atoms with Gasteiger partial charge in [-0.1, -0.05) is 30.3 Å². The van der Waals surface area contributed by atoms with Gasteiger partial charge in [0.05, 0.1) is 30.7 Å². The molecule has 3 fully saturated rings. The molecule has 2 aliphatic carbocycles. The minimum atomic E-state index is -1.02. The number of imidazole rings is 1. The van der Waals surface area contributed by atoms with Crippen LogP contribution in [0.25, 0.3) is 16.9 Å². The Hall–Kier alpha value is -5.72. The predicted octanol–water partition coefficient (Wildman–Crippen LogP) is 8.72. The molecule has 2 aromatic carbocycles. The van der Waals surface area contributed by atoms with Gasteiger partial charge < -0.3 is 29.5 Å². The first kappa shape index (κ1) is 40.7. The molecule has 5 aromatic rings. The van der Waals surface area contributed by atoms with Crippen LogP contribution < -0.4 is 19.9 Å². The molecule has 4 aliphatic rings. The average Bonchev–Trinajstić information content (AvgIpc) is 3.56. The number of rotatable bonds is 10. The molecule has 0 unspecified atom stereocenters. The monoisotopic (exact) mass is 828 g/mol. The van der Waals surface area contributed by atoms with Gasteiger partial charge in [-0.2, -0.15) is 0 Å². The predicted molar refractivity (Wildman–Crippen MR) is 234 cm³/mol. The van der Waals surface area contributed by atoms with E-state index in [2.05, 4.69) is 56.6 Å². The first-order valence-corrected chi connectivity index (χ1v) is 21.9. The smallest absolute Gasteiger partial charge is 0.410 e. The molecular formula is C48H57FN8O4. The number of hydrogen-bond donors (Lipinski definition) is 1. The van der Waals surface area contributed by atoms with Crippen molar-refractivity contribution in [3.63, 3.8) is 0 Å². The first-order valence-electron chi connectivity index (χ1n) is 21.9. The molecule has 3 aromatic heterocycles. The maximum Gasteiger partial charge on any atom is 0.410 e. The number of nitrogens with one attached hydrogen (secondary N) is 1. The van der Waals surface area contributed by atoms with E-state index < -0.39 is 23.7 Å². The lowest BCUT2D eigenvalue weighted by molar-refractivity contribution is 0.00142. The Labute approximate surface area is 357 Å². The van der Waals surface area contributed by atoms with Gasteiger partial charge in [-0.15, -0.1) is 5.10 Å². The molecule has 61 heavy (non-hydrogen) atoms. The van der Waals surface area contributed by atoms with E-state index in [9.17, 15) is 14.0 Å². The fraction of sp³-hybridized carbons (Fsp3) is 0.479. The summed E-state index contributed by atoms with van der Waals surface area (Å²) in [6, 6.07) is 20.3. The molecule has 2 amide bonds. The van der Waals surface area contributed by atoms with Crippen LogP contribution in [-0.2, 0) is 24.1 Å². The van der Waals surface area contributed by atoms with E-state index in [0.717, 1.165) is 72.7 Å². The lowest BCUT2D eigenvalue weighted by atomic mass is 9.65. The average molecular weight is 829 g/mol. The highest BCUT2D eigenvalue weighted by Crippen LogP contribution is 2.47. The van der Waals surface area contributed by atoms with Crippen LogP contribution in [0.1, 0.15) is 92.9 Å². The molecule has 2 saturated carbocycles. The second-order valence-corrected chi connectivity index (χ2v) is 18.7. The van der Waals surface area contributed by atoms with Crippen LogP contribution in [0.5, 0.6) is 5.75 Å². The second-order valence-electron chi connectivity index (χ2n) is 18.7. The maximum absolute atomic E-state index is 13.8. The van der Waals surface area contributed by atoms with Crippen LogP contribution in [0.2, 0.25) is 0 Å². The number of anilines is 3. The summed E-state index contributed by atoms with van der Waals surface area (Å²) in [5, 5.41) is 7.82. The van der Waals surface area contributed by atoms with Gasteiger partial charge in [-0.25, -0.2) is 18.7 Å². The van der Waals surface area contributed by atoms with Crippen LogP contribution >= 0.6 is 0 Å². The van der Waals surface area contributed by atoms with Crippen LogP contribution in [0.4, 0.5) is 26.4 Å². The maximum atomic E-state index is 13.8. The van der Waals surface area contributed by atoms with Crippen LogP contribution in [0.15, 0.2) is 73.1 Å². The minimum Gasteiger partial charge on any atom is -0.497 e. The Balaban J connectivity index is 0.903.